The van der Waals surface area contributed by atoms with E-state index in [0.29, 0.717) is 5.92 Å². The maximum absolute atomic E-state index is 9.55. The monoisotopic (exact) mass is 264 g/mol. The van der Waals surface area contributed by atoms with E-state index < -0.39 is 0 Å². The van der Waals surface area contributed by atoms with Crippen molar-refractivity contribution in [2.24, 2.45) is 13.0 Å². The van der Waals surface area contributed by atoms with E-state index in [1.54, 1.807) is 16.4 Å². The van der Waals surface area contributed by atoms with Crippen LogP contribution >= 0.6 is 11.8 Å². The highest BCUT2D eigenvalue weighted by Crippen LogP contribution is 2.42. The molecule has 1 aliphatic carbocycles. The fourth-order valence-electron chi connectivity index (χ4n) is 2.07. The molecule has 1 unspecified atom stereocenters. The minimum Gasteiger partial charge on any atom is -0.298 e. The van der Waals surface area contributed by atoms with Gasteiger partial charge in [0.1, 0.15) is 5.54 Å². The lowest BCUT2D eigenvalue weighted by atomic mass is 9.97. The van der Waals surface area contributed by atoms with Gasteiger partial charge in [-0.2, -0.15) is 10.4 Å². The van der Waals surface area contributed by atoms with Gasteiger partial charge in [0.2, 0.25) is 0 Å². The molecule has 1 fully saturated rings. The van der Waals surface area contributed by atoms with Gasteiger partial charge >= 0.3 is 0 Å². The lowest BCUT2D eigenvalue weighted by molar-refractivity contribution is 0.405. The van der Waals surface area contributed by atoms with Crippen LogP contribution in [0.15, 0.2) is 17.3 Å². The molecule has 0 amide bonds. The summed E-state index contributed by atoms with van der Waals surface area (Å²) in [5.74, 6) is 1.33. The van der Waals surface area contributed by atoms with E-state index in [1.807, 2.05) is 19.4 Å². The van der Waals surface area contributed by atoms with Crippen LogP contribution in [0, 0.1) is 17.2 Å². The molecule has 1 saturated carbocycles. The summed E-state index contributed by atoms with van der Waals surface area (Å²) in [6.45, 7) is 3.05. The summed E-state index contributed by atoms with van der Waals surface area (Å²) < 4.78 is 1.80. The fourth-order valence-corrected chi connectivity index (χ4v) is 3.22. The molecule has 2 rings (SSSR count). The molecule has 0 aromatic carbocycles. The summed E-state index contributed by atoms with van der Waals surface area (Å²) in [5.41, 5.74) is -0.351. The molecule has 0 bridgehead atoms. The fraction of sp³-hybridized carbons (Fsp3) is 0.692. The molecule has 0 saturated heterocycles. The molecular weight excluding hydrogens is 244 g/mol. The van der Waals surface area contributed by atoms with Gasteiger partial charge in [-0.3, -0.25) is 10.00 Å². The summed E-state index contributed by atoms with van der Waals surface area (Å²) in [6, 6.07) is 2.53. The number of nitriles is 1. The Kier molecular flexibility index (Phi) is 4.31. The second-order valence-electron chi connectivity index (χ2n) is 4.92. The normalized spacial score (nSPS) is 18.3. The summed E-state index contributed by atoms with van der Waals surface area (Å²) in [5, 5.41) is 17.2. The van der Waals surface area contributed by atoms with Crippen LogP contribution < -0.4 is 5.32 Å². The van der Waals surface area contributed by atoms with Crippen molar-refractivity contribution in [1.82, 2.24) is 15.1 Å². The van der Waals surface area contributed by atoms with Crippen LogP contribution in [0.25, 0.3) is 0 Å². The van der Waals surface area contributed by atoms with Crippen LogP contribution in [-0.4, -0.2) is 27.6 Å². The van der Waals surface area contributed by atoms with E-state index >= 15 is 0 Å². The molecular formula is C13H20N4S. The Balaban J connectivity index is 1.98. The first kappa shape index (κ1) is 13.4. The van der Waals surface area contributed by atoms with Crippen molar-refractivity contribution in [2.75, 3.05) is 12.3 Å². The van der Waals surface area contributed by atoms with Crippen LogP contribution in [0.5, 0.6) is 0 Å². The van der Waals surface area contributed by atoms with Gasteiger partial charge in [-0.1, -0.05) is 6.92 Å². The van der Waals surface area contributed by atoms with E-state index in [1.165, 1.54) is 12.8 Å². The van der Waals surface area contributed by atoms with Crippen molar-refractivity contribution in [3.63, 3.8) is 0 Å². The van der Waals surface area contributed by atoms with Crippen LogP contribution in [0.2, 0.25) is 0 Å². The Morgan fingerprint density at radius 3 is 2.94 bits per heavy atom. The zero-order valence-electron chi connectivity index (χ0n) is 11.0. The van der Waals surface area contributed by atoms with Crippen molar-refractivity contribution in [2.45, 2.75) is 36.6 Å². The van der Waals surface area contributed by atoms with Gasteiger partial charge < -0.3 is 0 Å². The van der Waals surface area contributed by atoms with Gasteiger partial charge in [0.15, 0.2) is 0 Å². The van der Waals surface area contributed by atoms with Gasteiger partial charge in [0.25, 0.3) is 0 Å². The zero-order valence-corrected chi connectivity index (χ0v) is 11.8. The third kappa shape index (κ3) is 3.06. The Morgan fingerprint density at radius 2 is 2.44 bits per heavy atom. The summed E-state index contributed by atoms with van der Waals surface area (Å²) >= 11 is 1.72. The van der Waals surface area contributed by atoms with Crippen molar-refractivity contribution < 1.29 is 0 Å². The first-order valence-electron chi connectivity index (χ1n) is 6.48. The number of thioether (sulfide) groups is 1. The maximum atomic E-state index is 9.55. The Hall–Kier alpha value is -0.990. The third-order valence-electron chi connectivity index (χ3n) is 3.31. The zero-order chi connectivity index (χ0) is 13.0. The highest BCUT2D eigenvalue weighted by Gasteiger charge is 2.45. The van der Waals surface area contributed by atoms with Gasteiger partial charge in [-0.15, -0.1) is 11.8 Å². The lowest BCUT2D eigenvalue weighted by Crippen LogP contribution is -2.48. The molecule has 1 aliphatic rings. The molecule has 1 heterocycles. The van der Waals surface area contributed by atoms with E-state index in [9.17, 15) is 5.26 Å². The summed E-state index contributed by atoms with van der Waals surface area (Å²) in [7, 11) is 1.91. The van der Waals surface area contributed by atoms with Gasteiger partial charge in [0.05, 0.1) is 12.3 Å². The Labute approximate surface area is 113 Å². The topological polar surface area (TPSA) is 53.6 Å². The third-order valence-corrected chi connectivity index (χ3v) is 4.46. The highest BCUT2D eigenvalue weighted by atomic mass is 32.2. The molecule has 1 atom stereocenters. The first-order valence-corrected chi connectivity index (χ1v) is 7.46. The molecule has 0 aliphatic heterocycles. The molecule has 98 valence electrons. The molecule has 1 N–H and O–H groups in total. The van der Waals surface area contributed by atoms with Gasteiger partial charge in [-0.05, 0) is 31.7 Å². The van der Waals surface area contributed by atoms with Crippen LogP contribution in [0.3, 0.4) is 0 Å². The maximum Gasteiger partial charge on any atom is 0.119 e. The van der Waals surface area contributed by atoms with Gasteiger partial charge in [-0.25, -0.2) is 0 Å². The van der Waals surface area contributed by atoms with Crippen LogP contribution in [-0.2, 0) is 7.05 Å². The van der Waals surface area contributed by atoms with Crippen molar-refractivity contribution in [1.29, 1.82) is 5.26 Å². The molecule has 0 radical (unpaired) electrons. The molecule has 0 spiro atoms. The average Bonchev–Trinajstić information content (AvgIpc) is 3.14. The Morgan fingerprint density at radius 1 is 1.67 bits per heavy atom. The number of hydrogen-bond donors (Lipinski definition) is 1. The highest BCUT2D eigenvalue weighted by molar-refractivity contribution is 7.99. The van der Waals surface area contributed by atoms with Crippen molar-refractivity contribution in [3.8, 4) is 6.07 Å². The van der Waals surface area contributed by atoms with E-state index in [2.05, 4.69) is 23.4 Å². The quantitative estimate of drug-likeness (QED) is 0.767. The van der Waals surface area contributed by atoms with Crippen LogP contribution in [0.1, 0.15) is 26.2 Å². The first-order chi connectivity index (χ1) is 8.70. The smallest absolute Gasteiger partial charge is 0.119 e. The Bertz CT molecular complexity index is 432. The summed E-state index contributed by atoms with van der Waals surface area (Å²) in [6.07, 6.45) is 7.28. The number of aryl methyl sites for hydroxylation is 1. The standard InChI is InChI=1S/C13H20N4S/c1-3-6-15-13(9-14,11-4-5-11)10-18-12-7-16-17(2)8-12/h7-8,11,15H,3-6,10H2,1-2H3. The predicted octanol–water partition coefficient (Wildman–Crippen LogP) is 2.18. The number of rotatable bonds is 7. The van der Waals surface area contributed by atoms with Gasteiger partial charge in [0, 0.05) is 23.9 Å². The minimum absolute atomic E-state index is 0.351. The second-order valence-corrected chi connectivity index (χ2v) is 5.97. The number of nitrogens with one attached hydrogen (secondary N) is 1. The number of aromatic nitrogens is 2. The second kappa shape index (κ2) is 5.77. The predicted molar refractivity (Wildman–Crippen MR) is 73.3 cm³/mol. The van der Waals surface area contributed by atoms with E-state index in [-0.39, 0.29) is 5.54 Å². The molecule has 4 nitrogen and oxygen atoms in total. The molecule has 5 heteroatoms. The lowest BCUT2D eigenvalue weighted by Gasteiger charge is -2.27. The number of nitrogens with zero attached hydrogens (tertiary/aromatic N) is 3. The molecule has 1 aromatic heterocycles. The van der Waals surface area contributed by atoms with Crippen molar-refractivity contribution in [3.05, 3.63) is 12.4 Å². The largest absolute Gasteiger partial charge is 0.298 e. The SMILES string of the molecule is CCCNC(C#N)(CSc1cnn(C)c1)C1CC1. The van der Waals surface area contributed by atoms with E-state index in [0.717, 1.165) is 23.6 Å². The van der Waals surface area contributed by atoms with Crippen LogP contribution in [0.4, 0.5) is 0 Å². The number of hydrogen-bond acceptors (Lipinski definition) is 4. The van der Waals surface area contributed by atoms with E-state index in [4.69, 9.17) is 0 Å². The van der Waals surface area contributed by atoms with Crippen molar-refractivity contribution >= 4 is 11.8 Å². The minimum atomic E-state index is -0.351. The molecule has 1 aromatic rings. The average molecular weight is 264 g/mol. The molecule has 18 heavy (non-hydrogen) atoms. The summed E-state index contributed by atoms with van der Waals surface area (Å²) in [4.78, 5) is 1.14.